The number of carbonyl (C=O) groups is 2. The number of likely N-dealkylation sites (tertiary alicyclic amines) is 1. The van der Waals surface area contributed by atoms with Crippen molar-refractivity contribution in [3.63, 3.8) is 0 Å². The van der Waals surface area contributed by atoms with Gasteiger partial charge in [-0.05, 0) is 73.7 Å². The van der Waals surface area contributed by atoms with Crippen LogP contribution in [0.2, 0.25) is 10.0 Å². The smallest absolute Gasteiger partial charge is 0.304 e. The van der Waals surface area contributed by atoms with Crippen LogP contribution >= 0.6 is 34.0 Å². The highest BCUT2D eigenvalue weighted by molar-refractivity contribution is 8.22. The van der Waals surface area contributed by atoms with Crippen LogP contribution in [0.25, 0.3) is 0 Å². The Hall–Kier alpha value is -2.59. The van der Waals surface area contributed by atoms with E-state index < -0.39 is 39.8 Å². The van der Waals surface area contributed by atoms with Crippen molar-refractivity contribution < 1.29 is 23.8 Å². The molecule has 2 heterocycles. The molecule has 0 bridgehead atoms. The number of aliphatic carboxylic acids is 1. The Bertz CT molecular complexity index is 1500. The number of halogens is 2. The predicted octanol–water partition coefficient (Wildman–Crippen LogP) is 8.59. The van der Waals surface area contributed by atoms with E-state index >= 15 is 0 Å². The van der Waals surface area contributed by atoms with E-state index in [0.717, 1.165) is 16.7 Å². The van der Waals surface area contributed by atoms with E-state index in [1.165, 1.54) is 0 Å². The number of carboxylic acids is 1. The summed E-state index contributed by atoms with van der Waals surface area (Å²) >= 11 is 12.7. The molecule has 1 unspecified atom stereocenters. The Balaban J connectivity index is 1.67. The molecule has 0 saturated carbocycles. The van der Waals surface area contributed by atoms with Gasteiger partial charge in [0.1, 0.15) is 0 Å². The molecule has 0 aromatic heterocycles. The van der Waals surface area contributed by atoms with E-state index in [2.05, 4.69) is 0 Å². The van der Waals surface area contributed by atoms with Crippen LogP contribution < -0.4 is 0 Å². The zero-order valence-electron chi connectivity index (χ0n) is 24.7. The van der Waals surface area contributed by atoms with Crippen molar-refractivity contribution in [2.75, 3.05) is 6.54 Å². The van der Waals surface area contributed by atoms with E-state index in [-0.39, 0.29) is 24.8 Å². The molecular weight excluding hydrogens is 607 g/mol. The van der Waals surface area contributed by atoms with Gasteiger partial charge in [-0.25, -0.2) is 0 Å². The molecule has 0 radical (unpaired) electrons. The number of amides is 1. The average Bonchev–Trinajstić information content (AvgIpc) is 3.10. The summed E-state index contributed by atoms with van der Waals surface area (Å²) in [5.41, 5.74) is 0.648. The van der Waals surface area contributed by atoms with E-state index in [4.69, 9.17) is 23.2 Å². The van der Waals surface area contributed by atoms with Crippen LogP contribution in [0.1, 0.15) is 75.6 Å². The number of piperidine rings is 1. The van der Waals surface area contributed by atoms with Crippen LogP contribution in [0.3, 0.4) is 0 Å². The molecule has 3 aromatic carbocycles. The van der Waals surface area contributed by atoms with Crippen molar-refractivity contribution >= 4 is 45.9 Å². The summed E-state index contributed by atoms with van der Waals surface area (Å²) in [5.74, 6) is -1.62. The predicted molar refractivity (Wildman–Crippen MR) is 172 cm³/mol. The van der Waals surface area contributed by atoms with Gasteiger partial charge in [-0.1, -0.05) is 79.5 Å². The van der Waals surface area contributed by atoms with Crippen molar-refractivity contribution in [2.24, 2.45) is 5.41 Å². The summed E-state index contributed by atoms with van der Waals surface area (Å²) in [6.07, 6.45) is 0.466. The first kappa shape index (κ1) is 31.8. The van der Waals surface area contributed by atoms with Gasteiger partial charge < -0.3 is 10.0 Å². The van der Waals surface area contributed by atoms with Gasteiger partial charge in [0.15, 0.2) is 0 Å². The number of benzene rings is 3. The maximum atomic E-state index is 14.7. The molecule has 1 saturated heterocycles. The molecule has 4 atom stereocenters. The number of carboxylic acid groups (broad SMARTS) is 1. The zero-order valence-corrected chi connectivity index (χ0v) is 27.0. The SMILES string of the molecule is CCC(CN1C(C)(C)c2ccccc2S1(O)O)N1C(=O)[C@@](C)(CC(=O)O)C[C@H](c2cccc(Cl)c2)[C@H]1c1ccc(Cl)cc1. The van der Waals surface area contributed by atoms with Crippen molar-refractivity contribution in [3.8, 4) is 0 Å². The van der Waals surface area contributed by atoms with Crippen molar-refractivity contribution in [1.82, 2.24) is 9.21 Å². The van der Waals surface area contributed by atoms with Gasteiger partial charge in [0.2, 0.25) is 5.91 Å². The lowest BCUT2D eigenvalue weighted by Crippen LogP contribution is -2.59. The van der Waals surface area contributed by atoms with Gasteiger partial charge in [-0.3, -0.25) is 18.7 Å². The second-order valence-corrected chi connectivity index (χ2v) is 15.2. The third-order valence-corrected chi connectivity index (χ3v) is 11.8. The van der Waals surface area contributed by atoms with Crippen molar-refractivity contribution in [2.45, 2.75) is 75.4 Å². The molecule has 0 aliphatic carbocycles. The summed E-state index contributed by atoms with van der Waals surface area (Å²) in [4.78, 5) is 29.1. The van der Waals surface area contributed by atoms with Gasteiger partial charge in [0.25, 0.3) is 0 Å². The Labute approximate surface area is 264 Å². The molecule has 10 heteroatoms. The largest absolute Gasteiger partial charge is 0.481 e. The minimum atomic E-state index is -3.36. The van der Waals surface area contributed by atoms with Crippen LogP contribution in [0, 0.1) is 5.41 Å². The number of rotatable bonds is 8. The molecule has 0 spiro atoms. The molecule has 1 amide bonds. The Morgan fingerprint density at radius 2 is 1.65 bits per heavy atom. The molecule has 5 rings (SSSR count). The van der Waals surface area contributed by atoms with Crippen molar-refractivity contribution in [1.29, 1.82) is 0 Å². The van der Waals surface area contributed by atoms with Gasteiger partial charge in [0, 0.05) is 28.5 Å². The van der Waals surface area contributed by atoms with Crippen LogP contribution in [-0.4, -0.2) is 47.9 Å². The zero-order chi connectivity index (χ0) is 31.3. The molecular formula is C33H38Cl2N2O5S. The molecule has 7 nitrogen and oxygen atoms in total. The Morgan fingerprint density at radius 3 is 2.26 bits per heavy atom. The lowest BCUT2D eigenvalue weighted by atomic mass is 9.67. The van der Waals surface area contributed by atoms with Crippen molar-refractivity contribution in [3.05, 3.63) is 99.5 Å². The van der Waals surface area contributed by atoms with Gasteiger partial charge in [0.05, 0.1) is 28.3 Å². The molecule has 3 N–H and O–H groups in total. The first-order valence-corrected chi connectivity index (χ1v) is 16.7. The Morgan fingerprint density at radius 1 is 0.977 bits per heavy atom. The highest BCUT2D eigenvalue weighted by Crippen LogP contribution is 2.65. The molecule has 2 aliphatic heterocycles. The molecule has 43 heavy (non-hydrogen) atoms. The summed E-state index contributed by atoms with van der Waals surface area (Å²) in [6, 6.07) is 21.2. The van der Waals surface area contributed by atoms with E-state index in [1.54, 1.807) is 41.6 Å². The standard InChI is InChI=1S/C33H38Cl2N2O5S/c1-5-25(20-36-32(2,3)27-11-6-7-12-28(27)43(36,41)42)37-30(21-13-15-23(34)16-14-21)26(22-9-8-10-24(35)17-22)18-33(4,31(37)40)19-29(38)39/h6-17,25-26,30,41-42H,5,18-20H2,1-4H3,(H,38,39)/t25?,26-,30-,33-/m1/s1. The Kier molecular flexibility index (Phi) is 8.68. The topological polar surface area (TPSA) is 101 Å². The summed E-state index contributed by atoms with van der Waals surface area (Å²) in [6.45, 7) is 7.77. The number of fused-ring (bicyclic) bond motifs is 1. The maximum absolute atomic E-state index is 14.7. The fraction of sp³-hybridized carbons (Fsp3) is 0.394. The van der Waals surface area contributed by atoms with E-state index in [0.29, 0.717) is 27.8 Å². The van der Waals surface area contributed by atoms with Crippen LogP contribution in [0.4, 0.5) is 0 Å². The molecule has 230 valence electrons. The van der Waals surface area contributed by atoms with Crippen LogP contribution in [0.5, 0.6) is 0 Å². The van der Waals surface area contributed by atoms with Gasteiger partial charge in [-0.15, -0.1) is 10.8 Å². The average molecular weight is 646 g/mol. The maximum Gasteiger partial charge on any atom is 0.304 e. The second kappa shape index (κ2) is 11.7. The van der Waals surface area contributed by atoms with Gasteiger partial charge >= 0.3 is 5.97 Å². The minimum Gasteiger partial charge on any atom is -0.481 e. The molecule has 3 aromatic rings. The number of nitrogens with zero attached hydrogens (tertiary/aromatic N) is 2. The number of hydrogen-bond donors (Lipinski definition) is 3. The lowest BCUT2D eigenvalue weighted by Gasteiger charge is -2.53. The summed E-state index contributed by atoms with van der Waals surface area (Å²) in [5, 5.41) is 11.0. The fourth-order valence-corrected chi connectivity index (χ4v) is 9.55. The first-order valence-electron chi connectivity index (χ1n) is 14.4. The summed E-state index contributed by atoms with van der Waals surface area (Å²) < 4.78 is 24.9. The third-order valence-electron chi connectivity index (χ3n) is 9.15. The fourth-order valence-electron chi connectivity index (χ4n) is 7.00. The molecule has 1 fully saturated rings. The normalized spacial score (nSPS) is 26.1. The number of carbonyl (C=O) groups excluding carboxylic acids is 1. The summed E-state index contributed by atoms with van der Waals surface area (Å²) in [7, 11) is -3.36. The quantitative estimate of drug-likeness (QED) is 0.227. The monoisotopic (exact) mass is 644 g/mol. The highest BCUT2D eigenvalue weighted by atomic mass is 35.5. The molecule has 2 aliphatic rings. The van der Waals surface area contributed by atoms with Gasteiger partial charge in [-0.2, -0.15) is 4.31 Å². The second-order valence-electron chi connectivity index (χ2n) is 12.4. The van der Waals surface area contributed by atoms with E-state index in [1.807, 2.05) is 68.1 Å². The lowest BCUT2D eigenvalue weighted by molar-refractivity contribution is -0.161. The highest BCUT2D eigenvalue weighted by Gasteiger charge is 2.54. The third kappa shape index (κ3) is 5.70. The van der Waals surface area contributed by atoms with Crippen LogP contribution in [-0.2, 0) is 15.1 Å². The van der Waals surface area contributed by atoms with Crippen LogP contribution in [0.15, 0.2) is 77.7 Å². The number of hydrogen-bond acceptors (Lipinski definition) is 5. The first-order chi connectivity index (χ1) is 20.2. The van der Waals surface area contributed by atoms with E-state index in [9.17, 15) is 23.8 Å². The minimum absolute atomic E-state index is 0.168.